The standard InChI is InChI=1S/C18H24N2O/c1-4-14-7-5-6-8-17(14)18(20-19)15-9-11-16(12-10-15)21-13(2)3/h5-13,18,20H,4,19H2,1-3H3. The van der Waals surface area contributed by atoms with Crippen LogP contribution in [-0.2, 0) is 6.42 Å². The minimum Gasteiger partial charge on any atom is -0.491 e. The lowest BCUT2D eigenvalue weighted by Crippen LogP contribution is -2.29. The van der Waals surface area contributed by atoms with Gasteiger partial charge in [-0.2, -0.15) is 0 Å². The van der Waals surface area contributed by atoms with Gasteiger partial charge in [0.25, 0.3) is 0 Å². The Labute approximate surface area is 127 Å². The van der Waals surface area contributed by atoms with Crippen LogP contribution in [0.2, 0.25) is 0 Å². The second-order valence-corrected chi connectivity index (χ2v) is 5.39. The van der Waals surface area contributed by atoms with Gasteiger partial charge < -0.3 is 4.74 Å². The van der Waals surface area contributed by atoms with Crippen LogP contribution in [0.5, 0.6) is 5.75 Å². The maximum atomic E-state index is 5.80. The maximum Gasteiger partial charge on any atom is 0.119 e. The second-order valence-electron chi connectivity index (χ2n) is 5.39. The van der Waals surface area contributed by atoms with E-state index in [0.717, 1.165) is 17.7 Å². The summed E-state index contributed by atoms with van der Waals surface area (Å²) in [6.07, 6.45) is 1.17. The third-order valence-corrected chi connectivity index (χ3v) is 3.50. The van der Waals surface area contributed by atoms with Crippen LogP contribution >= 0.6 is 0 Å². The Balaban J connectivity index is 2.29. The highest BCUT2D eigenvalue weighted by Crippen LogP contribution is 2.26. The molecule has 3 nitrogen and oxygen atoms in total. The van der Waals surface area contributed by atoms with Gasteiger partial charge in [0.05, 0.1) is 12.1 Å². The lowest BCUT2D eigenvalue weighted by molar-refractivity contribution is 0.242. The summed E-state index contributed by atoms with van der Waals surface area (Å²) in [5, 5.41) is 0. The van der Waals surface area contributed by atoms with E-state index < -0.39 is 0 Å². The average molecular weight is 284 g/mol. The molecule has 1 atom stereocenters. The van der Waals surface area contributed by atoms with Crippen molar-refractivity contribution in [2.24, 2.45) is 5.84 Å². The number of ether oxygens (including phenoxy) is 1. The third-order valence-electron chi connectivity index (χ3n) is 3.50. The van der Waals surface area contributed by atoms with Crippen molar-refractivity contribution < 1.29 is 4.74 Å². The summed E-state index contributed by atoms with van der Waals surface area (Å²) in [6, 6.07) is 16.5. The van der Waals surface area contributed by atoms with Crippen LogP contribution in [0.1, 0.15) is 43.5 Å². The summed E-state index contributed by atoms with van der Waals surface area (Å²) in [5.41, 5.74) is 6.59. The largest absolute Gasteiger partial charge is 0.491 e. The van der Waals surface area contributed by atoms with Crippen molar-refractivity contribution in [1.29, 1.82) is 0 Å². The highest BCUT2D eigenvalue weighted by atomic mass is 16.5. The molecule has 2 aromatic carbocycles. The molecule has 3 heteroatoms. The van der Waals surface area contributed by atoms with Crippen molar-refractivity contribution in [3.8, 4) is 5.75 Å². The Morgan fingerprint density at radius 1 is 1.05 bits per heavy atom. The molecule has 0 aromatic heterocycles. The number of nitrogens with two attached hydrogens (primary N) is 1. The maximum absolute atomic E-state index is 5.80. The van der Waals surface area contributed by atoms with Crippen molar-refractivity contribution in [1.82, 2.24) is 5.43 Å². The van der Waals surface area contributed by atoms with Crippen LogP contribution in [0.3, 0.4) is 0 Å². The summed E-state index contributed by atoms with van der Waals surface area (Å²) in [5.74, 6) is 6.68. The minimum atomic E-state index is -0.00532. The SMILES string of the molecule is CCc1ccccc1C(NN)c1ccc(OC(C)C)cc1. The Morgan fingerprint density at radius 3 is 2.29 bits per heavy atom. The fraction of sp³-hybridized carbons (Fsp3) is 0.333. The molecule has 2 aromatic rings. The minimum absolute atomic E-state index is 0.00532. The number of rotatable bonds is 6. The second kappa shape index (κ2) is 7.25. The predicted octanol–water partition coefficient (Wildman–Crippen LogP) is 3.59. The highest BCUT2D eigenvalue weighted by molar-refractivity contribution is 5.39. The first-order chi connectivity index (χ1) is 10.2. The zero-order valence-electron chi connectivity index (χ0n) is 13.0. The van der Waals surface area contributed by atoms with Gasteiger partial charge in [0.2, 0.25) is 0 Å². The van der Waals surface area contributed by atoms with Crippen molar-refractivity contribution in [2.45, 2.75) is 39.3 Å². The van der Waals surface area contributed by atoms with E-state index >= 15 is 0 Å². The summed E-state index contributed by atoms with van der Waals surface area (Å²) >= 11 is 0. The van der Waals surface area contributed by atoms with Gasteiger partial charge in [-0.25, -0.2) is 5.43 Å². The summed E-state index contributed by atoms with van der Waals surface area (Å²) in [7, 11) is 0. The molecule has 0 bridgehead atoms. The number of hydrogen-bond acceptors (Lipinski definition) is 3. The number of nitrogens with one attached hydrogen (secondary N) is 1. The van der Waals surface area contributed by atoms with Gasteiger partial charge in [-0.15, -0.1) is 0 Å². The number of aryl methyl sites for hydroxylation is 1. The van der Waals surface area contributed by atoms with E-state index in [1.807, 2.05) is 26.0 Å². The quantitative estimate of drug-likeness (QED) is 0.629. The van der Waals surface area contributed by atoms with Crippen molar-refractivity contribution in [3.05, 3.63) is 65.2 Å². The summed E-state index contributed by atoms with van der Waals surface area (Å²) in [4.78, 5) is 0. The van der Waals surface area contributed by atoms with Gasteiger partial charge in [0.1, 0.15) is 5.75 Å². The molecule has 112 valence electrons. The molecule has 0 aliphatic rings. The van der Waals surface area contributed by atoms with Crippen LogP contribution in [0, 0.1) is 0 Å². The number of benzene rings is 2. The molecule has 0 radical (unpaired) electrons. The Morgan fingerprint density at radius 2 is 1.71 bits per heavy atom. The lowest BCUT2D eigenvalue weighted by atomic mass is 9.94. The van der Waals surface area contributed by atoms with Gasteiger partial charge in [0.15, 0.2) is 0 Å². The van der Waals surface area contributed by atoms with Gasteiger partial charge in [-0.05, 0) is 49.1 Å². The van der Waals surface area contributed by atoms with E-state index in [1.54, 1.807) is 0 Å². The number of hydrazine groups is 1. The van der Waals surface area contributed by atoms with Gasteiger partial charge in [-0.1, -0.05) is 43.3 Å². The molecular formula is C18H24N2O. The summed E-state index contributed by atoms with van der Waals surface area (Å²) in [6.45, 7) is 6.21. The number of hydrogen-bond donors (Lipinski definition) is 2. The van der Waals surface area contributed by atoms with E-state index in [9.17, 15) is 0 Å². The van der Waals surface area contributed by atoms with Crippen LogP contribution < -0.4 is 16.0 Å². The van der Waals surface area contributed by atoms with E-state index in [-0.39, 0.29) is 12.1 Å². The predicted molar refractivity (Wildman–Crippen MR) is 87.2 cm³/mol. The molecule has 0 spiro atoms. The van der Waals surface area contributed by atoms with Crippen molar-refractivity contribution in [2.75, 3.05) is 0 Å². The molecule has 21 heavy (non-hydrogen) atoms. The molecule has 2 rings (SSSR count). The Hall–Kier alpha value is -1.84. The fourth-order valence-electron chi connectivity index (χ4n) is 2.51. The normalized spacial score (nSPS) is 12.4. The molecule has 1 unspecified atom stereocenters. The Kier molecular flexibility index (Phi) is 5.37. The zero-order valence-corrected chi connectivity index (χ0v) is 13.0. The molecular weight excluding hydrogens is 260 g/mol. The lowest BCUT2D eigenvalue weighted by Gasteiger charge is -2.20. The first-order valence-electron chi connectivity index (χ1n) is 7.46. The van der Waals surface area contributed by atoms with Crippen LogP contribution in [0.4, 0.5) is 0 Å². The molecule has 0 saturated carbocycles. The van der Waals surface area contributed by atoms with E-state index in [4.69, 9.17) is 10.6 Å². The van der Waals surface area contributed by atoms with Crippen LogP contribution in [0.25, 0.3) is 0 Å². The van der Waals surface area contributed by atoms with E-state index in [2.05, 4.69) is 48.7 Å². The average Bonchev–Trinajstić information content (AvgIpc) is 2.49. The van der Waals surface area contributed by atoms with E-state index in [0.29, 0.717) is 0 Å². The van der Waals surface area contributed by atoms with Crippen LogP contribution in [-0.4, -0.2) is 6.10 Å². The molecule has 0 amide bonds. The molecule has 0 heterocycles. The first kappa shape index (κ1) is 15.5. The summed E-state index contributed by atoms with van der Waals surface area (Å²) < 4.78 is 5.68. The first-order valence-corrected chi connectivity index (χ1v) is 7.46. The van der Waals surface area contributed by atoms with Crippen LogP contribution in [0.15, 0.2) is 48.5 Å². The molecule has 0 aliphatic heterocycles. The third kappa shape index (κ3) is 3.84. The smallest absolute Gasteiger partial charge is 0.119 e. The van der Waals surface area contributed by atoms with Gasteiger partial charge in [-0.3, -0.25) is 5.84 Å². The van der Waals surface area contributed by atoms with Crippen molar-refractivity contribution >= 4 is 0 Å². The molecule has 0 fully saturated rings. The highest BCUT2D eigenvalue weighted by Gasteiger charge is 2.15. The molecule has 0 saturated heterocycles. The zero-order chi connectivity index (χ0) is 15.2. The Bertz CT molecular complexity index is 564. The molecule has 3 N–H and O–H groups in total. The molecule has 0 aliphatic carbocycles. The monoisotopic (exact) mass is 284 g/mol. The van der Waals surface area contributed by atoms with Crippen molar-refractivity contribution in [3.63, 3.8) is 0 Å². The van der Waals surface area contributed by atoms with Gasteiger partial charge >= 0.3 is 0 Å². The fourth-order valence-corrected chi connectivity index (χ4v) is 2.51. The topological polar surface area (TPSA) is 47.3 Å². The van der Waals surface area contributed by atoms with Gasteiger partial charge in [0, 0.05) is 0 Å². The van der Waals surface area contributed by atoms with E-state index in [1.165, 1.54) is 11.1 Å².